The molecule has 1 saturated heterocycles. The molecular weight excluding hydrogens is 436 g/mol. The van der Waals surface area contributed by atoms with Gasteiger partial charge in [0, 0.05) is 18.8 Å². The van der Waals surface area contributed by atoms with Crippen LogP contribution in [-0.4, -0.2) is 32.6 Å². The second-order valence-electron chi connectivity index (χ2n) is 8.58. The summed E-state index contributed by atoms with van der Waals surface area (Å²) in [4.78, 5) is 14.2. The number of rotatable bonds is 7. The molecule has 0 aliphatic carbocycles. The number of sulfonamides is 1. The summed E-state index contributed by atoms with van der Waals surface area (Å²) >= 11 is 0. The van der Waals surface area contributed by atoms with Gasteiger partial charge in [-0.3, -0.25) is 4.72 Å². The normalized spacial score (nSPS) is 14.8. The Morgan fingerprint density at radius 3 is 2.39 bits per heavy atom. The van der Waals surface area contributed by atoms with E-state index in [1.165, 1.54) is 17.7 Å². The van der Waals surface area contributed by atoms with Crippen molar-refractivity contribution in [2.24, 2.45) is 5.92 Å². The van der Waals surface area contributed by atoms with Crippen LogP contribution in [0.1, 0.15) is 34.3 Å². The van der Waals surface area contributed by atoms with Gasteiger partial charge in [0.25, 0.3) is 10.0 Å². The van der Waals surface area contributed by atoms with E-state index in [1.54, 1.807) is 24.3 Å². The monoisotopic (exact) mass is 464 g/mol. The van der Waals surface area contributed by atoms with Gasteiger partial charge in [0.05, 0.1) is 16.1 Å². The Morgan fingerprint density at radius 1 is 1.00 bits per heavy atom. The minimum absolute atomic E-state index is 0.0981. The Labute approximate surface area is 194 Å². The summed E-state index contributed by atoms with van der Waals surface area (Å²) in [5.41, 5.74) is 3.11. The molecule has 172 valence electrons. The van der Waals surface area contributed by atoms with Gasteiger partial charge >= 0.3 is 5.97 Å². The van der Waals surface area contributed by atoms with Crippen LogP contribution in [-0.2, 0) is 16.4 Å². The number of carboxylic acids is 1. The number of anilines is 2. The number of nitrogens with zero attached hydrogens (tertiary/aromatic N) is 1. The highest BCUT2D eigenvalue weighted by molar-refractivity contribution is 7.92. The van der Waals surface area contributed by atoms with Crippen LogP contribution < -0.4 is 9.62 Å². The molecule has 0 aromatic heterocycles. The number of nitrogens with one attached hydrogen (secondary N) is 1. The number of carbonyl (C=O) groups is 1. The Morgan fingerprint density at radius 2 is 1.73 bits per heavy atom. The van der Waals surface area contributed by atoms with Gasteiger partial charge in [-0.25, -0.2) is 13.2 Å². The van der Waals surface area contributed by atoms with Crippen molar-refractivity contribution in [1.29, 1.82) is 0 Å². The molecule has 3 aromatic rings. The molecule has 0 atom stereocenters. The van der Waals surface area contributed by atoms with Crippen LogP contribution in [0, 0.1) is 12.8 Å². The van der Waals surface area contributed by atoms with Gasteiger partial charge in [0.2, 0.25) is 0 Å². The van der Waals surface area contributed by atoms with E-state index >= 15 is 0 Å². The summed E-state index contributed by atoms with van der Waals surface area (Å²) in [6.07, 6.45) is 2.99. The minimum atomic E-state index is -3.81. The van der Waals surface area contributed by atoms with E-state index in [2.05, 4.69) is 33.9 Å². The number of piperidine rings is 1. The third kappa shape index (κ3) is 5.54. The van der Waals surface area contributed by atoms with E-state index < -0.39 is 16.0 Å². The van der Waals surface area contributed by atoms with Crippen molar-refractivity contribution in [1.82, 2.24) is 0 Å². The summed E-state index contributed by atoms with van der Waals surface area (Å²) in [5, 5.41) is 9.82. The Hall–Kier alpha value is -3.32. The molecule has 0 spiro atoms. The number of hydrogen-bond acceptors (Lipinski definition) is 4. The summed E-state index contributed by atoms with van der Waals surface area (Å²) < 4.78 is 28.0. The summed E-state index contributed by atoms with van der Waals surface area (Å²) in [6.45, 7) is 3.36. The van der Waals surface area contributed by atoms with Crippen LogP contribution in [0.2, 0.25) is 0 Å². The molecule has 0 saturated carbocycles. The number of aryl methyl sites for hydroxylation is 1. The van der Waals surface area contributed by atoms with Gasteiger partial charge in [0.15, 0.2) is 0 Å². The number of carboxylic acid groups (broad SMARTS) is 1. The van der Waals surface area contributed by atoms with Gasteiger partial charge in [0.1, 0.15) is 0 Å². The maximum absolute atomic E-state index is 12.7. The first-order chi connectivity index (χ1) is 15.8. The number of hydrogen-bond donors (Lipinski definition) is 2. The lowest BCUT2D eigenvalue weighted by atomic mass is 9.90. The largest absolute Gasteiger partial charge is 0.478 e. The fourth-order valence-electron chi connectivity index (χ4n) is 4.37. The van der Waals surface area contributed by atoms with Gasteiger partial charge in [-0.1, -0.05) is 42.5 Å². The quantitative estimate of drug-likeness (QED) is 0.516. The maximum atomic E-state index is 12.7. The van der Waals surface area contributed by atoms with Crippen LogP contribution in [0.4, 0.5) is 11.4 Å². The Kier molecular flexibility index (Phi) is 6.70. The lowest BCUT2D eigenvalue weighted by Crippen LogP contribution is -2.35. The first kappa shape index (κ1) is 22.9. The fraction of sp³-hybridized carbons (Fsp3) is 0.269. The predicted octanol–water partition coefficient (Wildman–Crippen LogP) is 4.95. The highest BCUT2D eigenvalue weighted by Gasteiger charge is 2.24. The molecule has 1 heterocycles. The number of benzene rings is 3. The van der Waals surface area contributed by atoms with E-state index in [1.807, 2.05) is 19.1 Å². The molecule has 33 heavy (non-hydrogen) atoms. The molecule has 0 amide bonds. The van der Waals surface area contributed by atoms with Crippen molar-refractivity contribution in [3.05, 3.63) is 89.5 Å². The van der Waals surface area contributed by atoms with E-state index in [-0.39, 0.29) is 16.1 Å². The highest BCUT2D eigenvalue weighted by atomic mass is 32.2. The predicted molar refractivity (Wildman–Crippen MR) is 130 cm³/mol. The lowest BCUT2D eigenvalue weighted by Gasteiger charge is -2.34. The van der Waals surface area contributed by atoms with Crippen molar-refractivity contribution in [2.45, 2.75) is 31.1 Å². The second kappa shape index (κ2) is 9.67. The second-order valence-corrected chi connectivity index (χ2v) is 10.3. The Bertz CT molecular complexity index is 1230. The van der Waals surface area contributed by atoms with E-state index in [0.717, 1.165) is 37.9 Å². The van der Waals surface area contributed by atoms with Crippen LogP contribution >= 0.6 is 0 Å². The van der Waals surface area contributed by atoms with Gasteiger partial charge in [-0.05, 0) is 73.6 Å². The smallest absolute Gasteiger partial charge is 0.337 e. The van der Waals surface area contributed by atoms with Crippen molar-refractivity contribution in [3.8, 4) is 0 Å². The average Bonchev–Trinajstić information content (AvgIpc) is 2.80. The van der Waals surface area contributed by atoms with Crippen LogP contribution in [0.25, 0.3) is 0 Å². The lowest BCUT2D eigenvalue weighted by molar-refractivity contribution is 0.0697. The number of aromatic carboxylic acids is 1. The van der Waals surface area contributed by atoms with Crippen LogP contribution in [0.15, 0.2) is 77.7 Å². The molecule has 4 rings (SSSR count). The summed E-state index contributed by atoms with van der Waals surface area (Å²) in [5.74, 6) is -0.509. The molecule has 2 N–H and O–H groups in total. The van der Waals surface area contributed by atoms with Crippen molar-refractivity contribution in [2.75, 3.05) is 22.7 Å². The molecule has 1 aliphatic rings. The van der Waals surface area contributed by atoms with Gasteiger partial charge in [-0.2, -0.15) is 0 Å². The average molecular weight is 465 g/mol. The first-order valence-corrected chi connectivity index (χ1v) is 12.6. The van der Waals surface area contributed by atoms with Crippen molar-refractivity contribution < 1.29 is 18.3 Å². The molecule has 0 radical (unpaired) electrons. The Balaban J connectivity index is 1.48. The summed E-state index contributed by atoms with van der Waals surface area (Å²) in [6, 6.07) is 21.7. The molecule has 7 heteroatoms. The molecular formula is C26H28N2O4S. The molecule has 1 fully saturated rings. The van der Waals surface area contributed by atoms with Crippen molar-refractivity contribution >= 4 is 27.4 Å². The molecule has 6 nitrogen and oxygen atoms in total. The third-order valence-electron chi connectivity index (χ3n) is 6.10. The molecule has 1 aliphatic heterocycles. The highest BCUT2D eigenvalue weighted by Crippen LogP contribution is 2.30. The van der Waals surface area contributed by atoms with Crippen LogP contribution in [0.5, 0.6) is 0 Å². The third-order valence-corrected chi connectivity index (χ3v) is 7.48. The molecule has 3 aromatic carbocycles. The zero-order valence-electron chi connectivity index (χ0n) is 18.6. The SMILES string of the molecule is Cc1cccc(S(=O)(=O)Nc2ccc(N3CCC(Cc4ccccc4)CC3)c(C(=O)O)c2)c1. The topological polar surface area (TPSA) is 86.7 Å². The van der Waals surface area contributed by atoms with Crippen LogP contribution in [0.3, 0.4) is 0 Å². The van der Waals surface area contributed by atoms with E-state index in [9.17, 15) is 18.3 Å². The maximum Gasteiger partial charge on any atom is 0.337 e. The minimum Gasteiger partial charge on any atom is -0.478 e. The van der Waals surface area contributed by atoms with E-state index in [0.29, 0.717) is 11.6 Å². The fourth-order valence-corrected chi connectivity index (χ4v) is 5.52. The van der Waals surface area contributed by atoms with Gasteiger partial charge < -0.3 is 10.0 Å². The van der Waals surface area contributed by atoms with Gasteiger partial charge in [-0.15, -0.1) is 0 Å². The standard InChI is InChI=1S/C26H28N2O4S/c1-19-6-5-9-23(16-19)33(31,32)27-22-10-11-25(24(18-22)26(29)30)28-14-12-21(13-15-28)17-20-7-3-2-4-8-20/h2-11,16,18,21,27H,12-15,17H2,1H3,(H,29,30). The zero-order chi connectivity index (χ0) is 23.4. The summed E-state index contributed by atoms with van der Waals surface area (Å²) in [7, 11) is -3.81. The van der Waals surface area contributed by atoms with Crippen molar-refractivity contribution in [3.63, 3.8) is 0 Å². The molecule has 0 bridgehead atoms. The van der Waals surface area contributed by atoms with E-state index in [4.69, 9.17) is 0 Å². The molecule has 0 unspecified atom stereocenters. The first-order valence-electron chi connectivity index (χ1n) is 11.1. The zero-order valence-corrected chi connectivity index (χ0v) is 19.4.